The third-order valence-electron chi connectivity index (χ3n) is 6.25. The minimum absolute atomic E-state index is 0.189. The van der Waals surface area contributed by atoms with Gasteiger partial charge in [-0.3, -0.25) is 4.79 Å². The van der Waals surface area contributed by atoms with Crippen molar-refractivity contribution in [2.45, 2.75) is 63.7 Å². The third kappa shape index (κ3) is 3.95. The van der Waals surface area contributed by atoms with Gasteiger partial charge >= 0.3 is 0 Å². The largest absolute Gasteiger partial charge is 0.459 e. The van der Waals surface area contributed by atoms with E-state index in [0.717, 1.165) is 29.3 Å². The summed E-state index contributed by atoms with van der Waals surface area (Å²) in [6.45, 7) is 1.13. The summed E-state index contributed by atoms with van der Waals surface area (Å²) in [7, 11) is 0. The average Bonchev–Trinajstić information content (AvgIpc) is 3.45. The topological polar surface area (TPSA) is 80.0 Å². The molecule has 2 N–H and O–H groups in total. The molecule has 0 aliphatic heterocycles. The number of carbonyl (C=O) groups excluding carboxylic acids is 1. The van der Waals surface area contributed by atoms with E-state index in [9.17, 15) is 4.79 Å². The van der Waals surface area contributed by atoms with E-state index in [1.54, 1.807) is 12.1 Å². The Morgan fingerprint density at radius 3 is 2.80 bits per heavy atom. The SMILES string of the molecule is O=C(NCCNc1nc(C2CCCCC2)nc2sc3c(c12)CCCC3)c1ccco1. The molecule has 2 aliphatic carbocycles. The summed E-state index contributed by atoms with van der Waals surface area (Å²) in [6, 6.07) is 3.39. The first-order chi connectivity index (χ1) is 14.8. The average molecular weight is 425 g/mol. The summed E-state index contributed by atoms with van der Waals surface area (Å²) in [6.07, 6.45) is 12.5. The van der Waals surface area contributed by atoms with E-state index in [1.165, 1.54) is 67.0 Å². The van der Waals surface area contributed by atoms with Crippen LogP contribution >= 0.6 is 11.3 Å². The number of nitrogens with one attached hydrogen (secondary N) is 2. The fourth-order valence-electron chi connectivity index (χ4n) is 4.70. The second-order valence-electron chi connectivity index (χ2n) is 8.32. The molecule has 3 aromatic rings. The van der Waals surface area contributed by atoms with Crippen LogP contribution in [0.25, 0.3) is 10.2 Å². The summed E-state index contributed by atoms with van der Waals surface area (Å²) < 4.78 is 5.15. The zero-order valence-corrected chi connectivity index (χ0v) is 18.0. The molecule has 0 radical (unpaired) electrons. The van der Waals surface area contributed by atoms with Gasteiger partial charge in [-0.2, -0.15) is 0 Å². The lowest BCUT2D eigenvalue weighted by molar-refractivity contribution is 0.0927. The maximum Gasteiger partial charge on any atom is 0.287 e. The van der Waals surface area contributed by atoms with Gasteiger partial charge in [-0.15, -0.1) is 11.3 Å². The van der Waals surface area contributed by atoms with Crippen molar-refractivity contribution in [2.75, 3.05) is 18.4 Å². The van der Waals surface area contributed by atoms with Crippen molar-refractivity contribution >= 4 is 33.3 Å². The Kier molecular flexibility index (Phi) is 5.71. The number of thiophene rings is 1. The van der Waals surface area contributed by atoms with E-state index < -0.39 is 0 Å². The maximum atomic E-state index is 12.1. The Hall–Kier alpha value is -2.41. The first kappa shape index (κ1) is 19.5. The highest BCUT2D eigenvalue weighted by molar-refractivity contribution is 7.19. The van der Waals surface area contributed by atoms with Crippen molar-refractivity contribution < 1.29 is 9.21 Å². The Bertz CT molecular complexity index is 1020. The molecular weight excluding hydrogens is 396 g/mol. The Morgan fingerprint density at radius 2 is 1.97 bits per heavy atom. The van der Waals surface area contributed by atoms with Crippen LogP contribution in [0.2, 0.25) is 0 Å². The van der Waals surface area contributed by atoms with Gasteiger partial charge in [0.15, 0.2) is 5.76 Å². The van der Waals surface area contributed by atoms with E-state index in [0.29, 0.717) is 24.8 Å². The zero-order valence-electron chi connectivity index (χ0n) is 17.2. The molecule has 3 aromatic heterocycles. The molecule has 6 nitrogen and oxygen atoms in total. The first-order valence-corrected chi connectivity index (χ1v) is 12.0. The van der Waals surface area contributed by atoms with Crippen molar-refractivity contribution in [2.24, 2.45) is 0 Å². The van der Waals surface area contributed by atoms with Gasteiger partial charge in [0.25, 0.3) is 5.91 Å². The normalized spacial score (nSPS) is 17.1. The molecule has 1 amide bonds. The van der Waals surface area contributed by atoms with Crippen LogP contribution in [0.4, 0.5) is 5.82 Å². The molecule has 0 atom stereocenters. The highest BCUT2D eigenvalue weighted by Crippen LogP contribution is 2.40. The Balaban J connectivity index is 1.37. The molecule has 0 saturated heterocycles. The Labute approximate surface area is 180 Å². The first-order valence-electron chi connectivity index (χ1n) is 11.2. The van der Waals surface area contributed by atoms with E-state index in [4.69, 9.17) is 14.4 Å². The van der Waals surface area contributed by atoms with E-state index in [1.807, 2.05) is 11.3 Å². The van der Waals surface area contributed by atoms with Gasteiger partial charge in [0.1, 0.15) is 16.5 Å². The number of anilines is 1. The smallest absolute Gasteiger partial charge is 0.287 e. The molecule has 1 fully saturated rings. The number of aryl methyl sites for hydroxylation is 2. The van der Waals surface area contributed by atoms with Crippen LogP contribution in [0.5, 0.6) is 0 Å². The summed E-state index contributed by atoms with van der Waals surface area (Å²) >= 11 is 1.86. The second kappa shape index (κ2) is 8.76. The lowest BCUT2D eigenvalue weighted by Crippen LogP contribution is -2.28. The van der Waals surface area contributed by atoms with Crippen LogP contribution in [-0.4, -0.2) is 29.0 Å². The van der Waals surface area contributed by atoms with Crippen LogP contribution < -0.4 is 10.6 Å². The molecule has 3 heterocycles. The van der Waals surface area contributed by atoms with Crippen molar-refractivity contribution in [3.8, 4) is 0 Å². The van der Waals surface area contributed by atoms with E-state index in [2.05, 4.69) is 10.6 Å². The predicted molar refractivity (Wildman–Crippen MR) is 119 cm³/mol. The van der Waals surface area contributed by atoms with Gasteiger partial charge < -0.3 is 15.1 Å². The van der Waals surface area contributed by atoms with Crippen molar-refractivity contribution in [3.05, 3.63) is 40.4 Å². The number of fused-ring (bicyclic) bond motifs is 3. The molecule has 5 rings (SSSR count). The number of amides is 1. The van der Waals surface area contributed by atoms with Crippen LogP contribution in [-0.2, 0) is 12.8 Å². The predicted octanol–water partition coefficient (Wildman–Crippen LogP) is 5.05. The van der Waals surface area contributed by atoms with Crippen LogP contribution in [0.3, 0.4) is 0 Å². The van der Waals surface area contributed by atoms with Crippen LogP contribution in [0.1, 0.15) is 77.7 Å². The molecule has 1 saturated carbocycles. The second-order valence-corrected chi connectivity index (χ2v) is 9.40. The number of rotatable bonds is 6. The van der Waals surface area contributed by atoms with Gasteiger partial charge in [-0.05, 0) is 56.2 Å². The molecule has 0 bridgehead atoms. The fraction of sp³-hybridized carbons (Fsp3) is 0.522. The van der Waals surface area contributed by atoms with Crippen LogP contribution in [0, 0.1) is 0 Å². The van der Waals surface area contributed by atoms with Gasteiger partial charge in [-0.1, -0.05) is 19.3 Å². The lowest BCUT2D eigenvalue weighted by Gasteiger charge is -2.21. The fourth-order valence-corrected chi connectivity index (χ4v) is 5.97. The summed E-state index contributed by atoms with van der Waals surface area (Å²) in [4.78, 5) is 24.8. The summed E-state index contributed by atoms with van der Waals surface area (Å²) in [5, 5.41) is 7.63. The molecule has 2 aliphatic rings. The van der Waals surface area contributed by atoms with Crippen molar-refractivity contribution in [1.29, 1.82) is 0 Å². The number of furan rings is 1. The van der Waals surface area contributed by atoms with Gasteiger partial charge in [0.05, 0.1) is 11.6 Å². The van der Waals surface area contributed by atoms with Gasteiger partial charge in [-0.25, -0.2) is 9.97 Å². The highest BCUT2D eigenvalue weighted by Gasteiger charge is 2.24. The van der Waals surface area contributed by atoms with E-state index in [-0.39, 0.29) is 5.91 Å². The van der Waals surface area contributed by atoms with Gasteiger partial charge in [0.2, 0.25) is 0 Å². The molecule has 7 heteroatoms. The quantitative estimate of drug-likeness (QED) is 0.541. The zero-order chi connectivity index (χ0) is 20.3. The number of carbonyl (C=O) groups is 1. The lowest BCUT2D eigenvalue weighted by atomic mass is 9.88. The third-order valence-corrected chi connectivity index (χ3v) is 7.44. The molecule has 0 unspecified atom stereocenters. The van der Waals surface area contributed by atoms with Crippen LogP contribution in [0.15, 0.2) is 22.8 Å². The summed E-state index contributed by atoms with van der Waals surface area (Å²) in [5.74, 6) is 2.58. The molecule has 158 valence electrons. The number of nitrogens with zero attached hydrogens (tertiary/aromatic N) is 2. The minimum Gasteiger partial charge on any atom is -0.459 e. The summed E-state index contributed by atoms with van der Waals surface area (Å²) in [5.41, 5.74) is 1.44. The number of hydrogen-bond acceptors (Lipinski definition) is 6. The molecule has 30 heavy (non-hydrogen) atoms. The maximum absolute atomic E-state index is 12.1. The number of aromatic nitrogens is 2. The molecular formula is C23H28N4O2S. The molecule has 0 spiro atoms. The standard InChI is InChI=1S/C23H28N4O2S/c28-22(17-10-6-14-29-17)25-13-12-24-21-19-16-9-4-5-11-18(16)30-23(19)27-20(26-21)15-7-2-1-3-8-15/h6,10,14-15H,1-5,7-9,11-13H2,(H,25,28)(H,24,26,27). The molecule has 0 aromatic carbocycles. The monoisotopic (exact) mass is 424 g/mol. The highest BCUT2D eigenvalue weighted by atomic mass is 32.1. The van der Waals surface area contributed by atoms with Crippen molar-refractivity contribution in [3.63, 3.8) is 0 Å². The Morgan fingerprint density at radius 1 is 1.10 bits per heavy atom. The van der Waals surface area contributed by atoms with Gasteiger partial charge in [0, 0.05) is 23.9 Å². The van der Waals surface area contributed by atoms with E-state index >= 15 is 0 Å². The number of hydrogen-bond donors (Lipinski definition) is 2. The minimum atomic E-state index is -0.189. The van der Waals surface area contributed by atoms with Crippen molar-refractivity contribution in [1.82, 2.24) is 15.3 Å².